The molecule has 2 atom stereocenters. The molecule has 0 saturated heterocycles. The number of carbonyl (C=O) groups is 1. The summed E-state index contributed by atoms with van der Waals surface area (Å²) in [6.07, 6.45) is -3.85. The van der Waals surface area contributed by atoms with Crippen molar-refractivity contribution in [1.82, 2.24) is 15.3 Å². The number of methoxy groups -OCH3 is 1. The average molecular weight is 581 g/mol. The molecule has 12 heteroatoms. The van der Waals surface area contributed by atoms with Crippen LogP contribution in [0.1, 0.15) is 35.0 Å². The number of ether oxygens (including phenoxy) is 2. The molecular formula is C30H24F4N4O4. The van der Waals surface area contributed by atoms with Gasteiger partial charge in [0, 0.05) is 40.1 Å². The number of hydrogen-bond acceptors (Lipinski definition) is 7. The lowest BCUT2D eigenvalue weighted by Crippen LogP contribution is -2.51. The van der Waals surface area contributed by atoms with Gasteiger partial charge in [0.05, 0.1) is 32.0 Å². The molecule has 0 saturated carbocycles. The number of nitrogens with one attached hydrogen (secondary N) is 1. The Labute approximate surface area is 237 Å². The third-order valence-corrected chi connectivity index (χ3v) is 7.29. The second kappa shape index (κ2) is 10.6. The van der Waals surface area contributed by atoms with Gasteiger partial charge in [-0.3, -0.25) is 9.78 Å². The number of aliphatic hydroxyl groups is 1. The molecule has 0 bridgehead atoms. The number of amides is 1. The first-order valence-corrected chi connectivity index (χ1v) is 12.7. The Morgan fingerprint density at radius 2 is 1.95 bits per heavy atom. The summed E-state index contributed by atoms with van der Waals surface area (Å²) in [5.74, 6) is -1.10. The van der Waals surface area contributed by atoms with E-state index in [-0.39, 0.29) is 46.9 Å². The number of carbonyl (C=O) groups excluding carboxylic acids is 1. The Hall–Kier alpha value is -4.76. The van der Waals surface area contributed by atoms with E-state index in [0.717, 1.165) is 18.2 Å². The maximum Gasteiger partial charge on any atom is 0.424 e. The maximum absolute atomic E-state index is 14.6. The van der Waals surface area contributed by atoms with Gasteiger partial charge in [0.1, 0.15) is 28.5 Å². The zero-order chi connectivity index (χ0) is 30.3. The molecule has 2 aromatic carbocycles. The number of rotatable bonds is 7. The maximum atomic E-state index is 14.6. The Kier molecular flexibility index (Phi) is 7.24. The summed E-state index contributed by atoms with van der Waals surface area (Å²) >= 11 is 0. The smallest absolute Gasteiger partial charge is 0.424 e. The fourth-order valence-electron chi connectivity index (χ4n) is 4.86. The van der Waals surface area contributed by atoms with E-state index in [1.165, 1.54) is 37.6 Å². The monoisotopic (exact) mass is 580 g/mol. The van der Waals surface area contributed by atoms with Crippen LogP contribution in [0.4, 0.5) is 17.6 Å². The number of aromatic nitrogens is 2. The van der Waals surface area contributed by atoms with Crippen molar-refractivity contribution in [2.45, 2.75) is 30.5 Å². The largest absolute Gasteiger partial charge is 0.494 e. The summed E-state index contributed by atoms with van der Waals surface area (Å²) in [4.78, 5) is 21.4. The molecule has 1 aliphatic heterocycles. The van der Waals surface area contributed by atoms with Gasteiger partial charge >= 0.3 is 6.18 Å². The zero-order valence-corrected chi connectivity index (χ0v) is 22.4. The van der Waals surface area contributed by atoms with Crippen molar-refractivity contribution in [3.8, 4) is 28.8 Å². The molecule has 1 amide bonds. The fourth-order valence-corrected chi connectivity index (χ4v) is 4.86. The highest BCUT2D eigenvalue weighted by molar-refractivity contribution is 5.99. The molecule has 4 aromatic rings. The van der Waals surface area contributed by atoms with Crippen LogP contribution in [0.25, 0.3) is 22.2 Å². The number of pyridine rings is 2. The molecule has 0 spiro atoms. The number of nitriles is 1. The minimum atomic E-state index is -5.29. The highest BCUT2D eigenvalue weighted by Gasteiger charge is 2.57. The molecule has 42 heavy (non-hydrogen) atoms. The lowest BCUT2D eigenvalue weighted by atomic mass is 9.80. The van der Waals surface area contributed by atoms with E-state index in [1.807, 2.05) is 6.07 Å². The third kappa shape index (κ3) is 4.96. The van der Waals surface area contributed by atoms with E-state index in [2.05, 4.69) is 15.3 Å². The molecular weight excluding hydrogens is 556 g/mol. The van der Waals surface area contributed by atoms with Crippen molar-refractivity contribution in [3.05, 3.63) is 83.4 Å². The predicted molar refractivity (Wildman–Crippen MR) is 143 cm³/mol. The molecule has 8 nitrogen and oxygen atoms in total. The van der Waals surface area contributed by atoms with Crippen LogP contribution in [0.3, 0.4) is 0 Å². The topological polar surface area (TPSA) is 117 Å². The number of alkyl halides is 3. The third-order valence-electron chi connectivity index (χ3n) is 7.29. The molecule has 1 aliphatic rings. The van der Waals surface area contributed by atoms with Crippen LogP contribution in [0.15, 0.2) is 60.8 Å². The summed E-state index contributed by atoms with van der Waals surface area (Å²) in [5, 5.41) is 23.3. The van der Waals surface area contributed by atoms with Crippen LogP contribution in [0, 0.1) is 17.1 Å². The van der Waals surface area contributed by atoms with Gasteiger partial charge in [-0.25, -0.2) is 9.37 Å². The predicted octanol–water partition coefficient (Wildman–Crippen LogP) is 5.19. The first kappa shape index (κ1) is 28.8. The van der Waals surface area contributed by atoms with Crippen molar-refractivity contribution in [1.29, 1.82) is 5.26 Å². The minimum absolute atomic E-state index is 0.0132. The molecule has 0 radical (unpaired) electrons. The standard InChI is InChI=1S/C30H24F4N4O4/c1-28(9-10-35)16-42-26-21(28)14-23(38-25(26)17-5-7-20(31)8-6-17)29(40,30(32,33)34)15-37-27(39)19-12-18-4-3-11-36-24(18)22(13-19)41-2/h3-8,11-14,40H,9,15-16H2,1-2H3,(H,37,39)/t28-,29-/m0/s1. The zero-order valence-electron chi connectivity index (χ0n) is 22.4. The van der Waals surface area contributed by atoms with Crippen LogP contribution < -0.4 is 14.8 Å². The number of fused-ring (bicyclic) bond motifs is 2. The first-order valence-electron chi connectivity index (χ1n) is 12.7. The van der Waals surface area contributed by atoms with Crippen LogP contribution in [-0.4, -0.2) is 47.4 Å². The number of benzene rings is 2. The van der Waals surface area contributed by atoms with E-state index in [9.17, 15) is 32.7 Å². The second-order valence-corrected chi connectivity index (χ2v) is 10.2. The lowest BCUT2D eigenvalue weighted by molar-refractivity contribution is -0.265. The highest BCUT2D eigenvalue weighted by atomic mass is 19.4. The molecule has 0 unspecified atom stereocenters. The molecule has 0 fully saturated rings. The van der Waals surface area contributed by atoms with Crippen molar-refractivity contribution in [3.63, 3.8) is 0 Å². The average Bonchev–Trinajstić information content (AvgIpc) is 3.30. The van der Waals surface area contributed by atoms with Gasteiger partial charge in [-0.05, 0) is 48.5 Å². The molecule has 3 heterocycles. The van der Waals surface area contributed by atoms with Crippen molar-refractivity contribution in [2.24, 2.45) is 0 Å². The van der Waals surface area contributed by atoms with Gasteiger partial charge in [0.15, 0.2) is 0 Å². The normalized spacial score (nSPS) is 17.6. The first-order chi connectivity index (χ1) is 19.9. The van der Waals surface area contributed by atoms with Gasteiger partial charge in [-0.2, -0.15) is 18.4 Å². The summed E-state index contributed by atoms with van der Waals surface area (Å²) in [6.45, 7) is 0.346. The summed E-state index contributed by atoms with van der Waals surface area (Å²) in [5.41, 5.74) is -4.63. The van der Waals surface area contributed by atoms with E-state index >= 15 is 0 Å². The van der Waals surface area contributed by atoms with Gasteiger partial charge in [-0.15, -0.1) is 0 Å². The van der Waals surface area contributed by atoms with Crippen LogP contribution >= 0.6 is 0 Å². The van der Waals surface area contributed by atoms with Gasteiger partial charge in [0.2, 0.25) is 5.60 Å². The summed E-state index contributed by atoms with van der Waals surface area (Å²) in [7, 11) is 1.37. The molecule has 0 aliphatic carbocycles. The van der Waals surface area contributed by atoms with E-state index in [1.54, 1.807) is 19.1 Å². The van der Waals surface area contributed by atoms with Crippen LogP contribution in [0.2, 0.25) is 0 Å². The Morgan fingerprint density at radius 3 is 2.62 bits per heavy atom. The SMILES string of the molecule is COc1cc(C(=O)NC[C@](O)(c2cc3c(c(-c4ccc(F)cc4)n2)OC[C@]3(C)CC#N)C(F)(F)F)cc2cccnc12. The Bertz CT molecular complexity index is 1720. The second-order valence-electron chi connectivity index (χ2n) is 10.2. The quantitative estimate of drug-likeness (QED) is 0.289. The van der Waals surface area contributed by atoms with Gasteiger partial charge in [0.25, 0.3) is 5.91 Å². The lowest BCUT2D eigenvalue weighted by Gasteiger charge is -2.31. The minimum Gasteiger partial charge on any atom is -0.494 e. The van der Waals surface area contributed by atoms with Crippen molar-refractivity contribution >= 4 is 16.8 Å². The van der Waals surface area contributed by atoms with Crippen molar-refractivity contribution < 1.29 is 36.9 Å². The van der Waals surface area contributed by atoms with Crippen LogP contribution in [-0.2, 0) is 11.0 Å². The van der Waals surface area contributed by atoms with E-state index in [4.69, 9.17) is 9.47 Å². The molecule has 5 rings (SSSR count). The van der Waals surface area contributed by atoms with Gasteiger partial charge < -0.3 is 19.9 Å². The Morgan fingerprint density at radius 1 is 1.21 bits per heavy atom. The fraction of sp³-hybridized carbons (Fsp3) is 0.267. The van der Waals surface area contributed by atoms with Crippen molar-refractivity contribution in [2.75, 3.05) is 20.3 Å². The summed E-state index contributed by atoms with van der Waals surface area (Å²) in [6, 6.07) is 14.0. The number of hydrogen-bond donors (Lipinski definition) is 2. The summed E-state index contributed by atoms with van der Waals surface area (Å²) < 4.78 is 68.7. The molecule has 2 aromatic heterocycles. The Balaban J connectivity index is 1.58. The number of halogens is 4. The van der Waals surface area contributed by atoms with Gasteiger partial charge in [-0.1, -0.05) is 13.0 Å². The number of nitrogens with zero attached hydrogens (tertiary/aromatic N) is 3. The van der Waals surface area contributed by atoms with E-state index in [0.29, 0.717) is 10.9 Å². The highest BCUT2D eigenvalue weighted by Crippen LogP contribution is 2.48. The molecule has 2 N–H and O–H groups in total. The van der Waals surface area contributed by atoms with E-state index < -0.39 is 41.2 Å². The van der Waals surface area contributed by atoms with Crippen LogP contribution in [0.5, 0.6) is 11.5 Å². The molecule has 216 valence electrons.